The number of ether oxygens (including phenoxy) is 1. The Labute approximate surface area is 140 Å². The van der Waals surface area contributed by atoms with Crippen LogP contribution in [0.3, 0.4) is 0 Å². The number of carbonyl (C=O) groups excluding carboxylic acids is 1. The van der Waals surface area contributed by atoms with E-state index >= 15 is 0 Å². The molecule has 0 saturated carbocycles. The van der Waals surface area contributed by atoms with Crippen LogP contribution in [0.1, 0.15) is 44.1 Å². The van der Waals surface area contributed by atoms with E-state index in [0.717, 1.165) is 17.5 Å². The molecule has 9 heteroatoms. The maximum absolute atomic E-state index is 12.9. The van der Waals surface area contributed by atoms with Crippen LogP contribution < -0.4 is 5.32 Å². The molecule has 5 nitrogen and oxygen atoms in total. The summed E-state index contributed by atoms with van der Waals surface area (Å²) in [5.41, 5.74) is -0.772. The molecule has 2 heterocycles. The first-order chi connectivity index (χ1) is 10.6. The van der Waals surface area contributed by atoms with Gasteiger partial charge in [0.05, 0.1) is 22.3 Å². The molecule has 0 unspecified atom stereocenters. The highest BCUT2D eigenvalue weighted by Crippen LogP contribution is 2.36. The average Bonchev–Trinajstić information content (AvgIpc) is 3.07. The Kier molecular flexibility index (Phi) is 5.40. The van der Waals surface area contributed by atoms with Gasteiger partial charge in [-0.2, -0.15) is 18.3 Å². The number of hydrogen-bond donors (Lipinski definition) is 1. The van der Waals surface area contributed by atoms with E-state index in [-0.39, 0.29) is 28.2 Å². The molecule has 1 aromatic heterocycles. The van der Waals surface area contributed by atoms with Gasteiger partial charge in [0.25, 0.3) is 0 Å². The molecule has 0 radical (unpaired) electrons. The van der Waals surface area contributed by atoms with Gasteiger partial charge < -0.3 is 10.1 Å². The molecule has 23 heavy (non-hydrogen) atoms. The van der Waals surface area contributed by atoms with Crippen LogP contribution in [0.5, 0.6) is 0 Å². The molecule has 0 spiro atoms. The highest BCUT2D eigenvalue weighted by molar-refractivity contribution is 9.10. The molecule has 1 aliphatic rings. The first-order valence-electron chi connectivity index (χ1n) is 7.36. The quantitative estimate of drug-likeness (QED) is 0.848. The minimum Gasteiger partial charge on any atom is -0.376 e. The number of aromatic nitrogens is 2. The van der Waals surface area contributed by atoms with Crippen LogP contribution in [-0.2, 0) is 15.7 Å². The van der Waals surface area contributed by atoms with Gasteiger partial charge in [-0.05, 0) is 49.5 Å². The zero-order chi connectivity index (χ0) is 17.4. The summed E-state index contributed by atoms with van der Waals surface area (Å²) in [4.78, 5) is 12.3. The van der Waals surface area contributed by atoms with Crippen molar-refractivity contribution in [3.63, 3.8) is 0 Å². The molecular formula is C14H19BrF3N3O2. The van der Waals surface area contributed by atoms with E-state index in [1.807, 2.05) is 6.92 Å². The minimum absolute atomic E-state index is 0.0534. The van der Waals surface area contributed by atoms with Crippen LogP contribution >= 0.6 is 15.9 Å². The van der Waals surface area contributed by atoms with Crippen molar-refractivity contribution in [2.75, 3.05) is 6.61 Å². The van der Waals surface area contributed by atoms with Gasteiger partial charge in [-0.25, -0.2) is 0 Å². The van der Waals surface area contributed by atoms with Crippen molar-refractivity contribution in [2.24, 2.45) is 0 Å². The summed E-state index contributed by atoms with van der Waals surface area (Å²) in [5.74, 6) is -0.389. The summed E-state index contributed by atoms with van der Waals surface area (Å²) in [7, 11) is 0. The van der Waals surface area contributed by atoms with E-state index < -0.39 is 17.9 Å². The molecule has 1 aliphatic heterocycles. The van der Waals surface area contributed by atoms with Gasteiger partial charge in [0.1, 0.15) is 6.04 Å². The predicted molar refractivity (Wildman–Crippen MR) is 81.0 cm³/mol. The summed E-state index contributed by atoms with van der Waals surface area (Å²) < 4.78 is 45.1. The number of rotatable bonds is 4. The minimum atomic E-state index is -4.57. The van der Waals surface area contributed by atoms with Crippen LogP contribution in [0.25, 0.3) is 0 Å². The van der Waals surface area contributed by atoms with E-state index in [9.17, 15) is 18.0 Å². The van der Waals surface area contributed by atoms with Crippen LogP contribution in [-0.4, -0.2) is 34.4 Å². The van der Waals surface area contributed by atoms with Gasteiger partial charge in [-0.1, -0.05) is 0 Å². The Balaban J connectivity index is 2.13. The van der Waals surface area contributed by atoms with Crippen LogP contribution in [0, 0.1) is 6.92 Å². The lowest BCUT2D eigenvalue weighted by Gasteiger charge is -2.22. The SMILES string of the molecule is Cc1c(Br)c(C(F)(F)F)nn1[C@H](C)C(=O)N[C@@H](C)[C@@H]1CCCO1. The van der Waals surface area contributed by atoms with Gasteiger partial charge in [0.2, 0.25) is 5.91 Å². The van der Waals surface area contributed by atoms with Gasteiger partial charge in [-0.3, -0.25) is 9.48 Å². The fraction of sp³-hybridized carbons (Fsp3) is 0.714. The number of nitrogens with zero attached hydrogens (tertiary/aromatic N) is 2. The largest absolute Gasteiger partial charge is 0.436 e. The molecule has 1 amide bonds. The van der Waals surface area contributed by atoms with Crippen LogP contribution in [0.2, 0.25) is 0 Å². The van der Waals surface area contributed by atoms with Crippen molar-refractivity contribution in [1.29, 1.82) is 0 Å². The number of alkyl halides is 3. The highest BCUT2D eigenvalue weighted by Gasteiger charge is 2.39. The summed E-state index contributed by atoms with van der Waals surface area (Å²) >= 11 is 2.90. The van der Waals surface area contributed by atoms with Crippen molar-refractivity contribution >= 4 is 21.8 Å². The van der Waals surface area contributed by atoms with E-state index in [1.54, 1.807) is 0 Å². The maximum Gasteiger partial charge on any atom is 0.436 e. The van der Waals surface area contributed by atoms with E-state index in [0.29, 0.717) is 6.61 Å². The zero-order valence-electron chi connectivity index (χ0n) is 13.1. The molecule has 0 aliphatic carbocycles. The van der Waals surface area contributed by atoms with Gasteiger partial charge >= 0.3 is 6.18 Å². The van der Waals surface area contributed by atoms with Crippen molar-refractivity contribution < 1.29 is 22.7 Å². The molecule has 1 N–H and O–H groups in total. The molecule has 1 aromatic rings. The standard InChI is InChI=1S/C14H19BrF3N3O2/c1-7(10-5-4-6-23-10)19-13(22)9(3)21-8(2)11(15)12(20-21)14(16,17)18/h7,9-10H,4-6H2,1-3H3,(H,19,22)/t7-,9+,10-/m0/s1. The molecule has 0 aromatic carbocycles. The van der Waals surface area contributed by atoms with Crippen molar-refractivity contribution in [3.05, 3.63) is 15.9 Å². The smallest absolute Gasteiger partial charge is 0.376 e. The normalized spacial score (nSPS) is 21.3. The lowest BCUT2D eigenvalue weighted by molar-refractivity contribution is -0.142. The third-order valence-electron chi connectivity index (χ3n) is 3.98. The fourth-order valence-corrected chi connectivity index (χ4v) is 3.09. The summed E-state index contributed by atoms with van der Waals surface area (Å²) in [6.45, 7) is 5.50. The summed E-state index contributed by atoms with van der Waals surface area (Å²) in [6.07, 6.45) is -2.82. The van der Waals surface area contributed by atoms with Crippen molar-refractivity contribution in [3.8, 4) is 0 Å². The topological polar surface area (TPSA) is 56.2 Å². The second-order valence-corrected chi connectivity index (χ2v) is 6.51. The maximum atomic E-state index is 12.9. The average molecular weight is 398 g/mol. The molecule has 130 valence electrons. The third kappa shape index (κ3) is 3.88. The predicted octanol–water partition coefficient (Wildman–Crippen LogP) is 3.22. The number of amides is 1. The number of hydrogen-bond acceptors (Lipinski definition) is 3. The van der Waals surface area contributed by atoms with Crippen molar-refractivity contribution in [2.45, 2.75) is 58.0 Å². The molecular weight excluding hydrogens is 379 g/mol. The lowest BCUT2D eigenvalue weighted by Crippen LogP contribution is -2.43. The summed E-state index contributed by atoms with van der Waals surface area (Å²) in [6, 6.07) is -1.06. The lowest BCUT2D eigenvalue weighted by atomic mass is 10.1. The van der Waals surface area contributed by atoms with Gasteiger partial charge in [0.15, 0.2) is 5.69 Å². The first-order valence-corrected chi connectivity index (χ1v) is 8.16. The monoisotopic (exact) mass is 397 g/mol. The van der Waals surface area contributed by atoms with Gasteiger partial charge in [0, 0.05) is 6.61 Å². The molecule has 1 fully saturated rings. The Hall–Kier alpha value is -1.09. The fourth-order valence-electron chi connectivity index (χ4n) is 2.60. The Morgan fingerprint density at radius 3 is 2.61 bits per heavy atom. The Bertz CT molecular complexity index is 583. The molecule has 1 saturated heterocycles. The zero-order valence-corrected chi connectivity index (χ0v) is 14.7. The van der Waals surface area contributed by atoms with E-state index in [1.165, 1.54) is 13.8 Å². The number of nitrogens with one attached hydrogen (secondary N) is 1. The summed E-state index contributed by atoms with van der Waals surface area (Å²) in [5, 5.41) is 6.35. The Morgan fingerprint density at radius 2 is 2.13 bits per heavy atom. The number of halogens is 4. The van der Waals surface area contributed by atoms with Gasteiger partial charge in [-0.15, -0.1) is 0 Å². The molecule has 0 bridgehead atoms. The van der Waals surface area contributed by atoms with E-state index in [4.69, 9.17) is 4.74 Å². The second kappa shape index (κ2) is 6.80. The van der Waals surface area contributed by atoms with Crippen molar-refractivity contribution in [1.82, 2.24) is 15.1 Å². The number of carbonyl (C=O) groups is 1. The molecule has 2 rings (SSSR count). The van der Waals surface area contributed by atoms with Crippen LogP contribution in [0.15, 0.2) is 4.47 Å². The second-order valence-electron chi connectivity index (χ2n) is 5.72. The highest BCUT2D eigenvalue weighted by atomic mass is 79.9. The molecule has 3 atom stereocenters. The Morgan fingerprint density at radius 1 is 1.48 bits per heavy atom. The van der Waals surface area contributed by atoms with Crippen LogP contribution in [0.4, 0.5) is 13.2 Å². The van der Waals surface area contributed by atoms with E-state index in [2.05, 4.69) is 26.3 Å². The first kappa shape index (κ1) is 18.3. The third-order valence-corrected chi connectivity index (χ3v) is 4.93.